The Morgan fingerprint density at radius 3 is 2.58 bits per heavy atom. The first kappa shape index (κ1) is 12.0. The zero-order valence-corrected chi connectivity index (χ0v) is 11.0. The Kier molecular flexibility index (Phi) is 2.70. The Balaban J connectivity index is 1.91. The van der Waals surface area contributed by atoms with Gasteiger partial charge in [-0.3, -0.25) is 0 Å². The predicted molar refractivity (Wildman–Crippen MR) is 74.5 cm³/mol. The number of para-hydroxylation sites is 1. The van der Waals surface area contributed by atoms with Crippen molar-refractivity contribution in [1.82, 2.24) is 0 Å². The fraction of sp³-hybridized carbons (Fsp3) is 0.250. The van der Waals surface area contributed by atoms with E-state index >= 15 is 0 Å². The summed E-state index contributed by atoms with van der Waals surface area (Å²) in [6.07, 6.45) is 0.904. The van der Waals surface area contributed by atoms with E-state index in [0.29, 0.717) is 0 Å². The minimum Gasteiger partial charge on any atom is -0.485 e. The molecule has 2 aromatic rings. The van der Waals surface area contributed by atoms with Crippen molar-refractivity contribution >= 4 is 11.4 Å². The van der Waals surface area contributed by atoms with Crippen molar-refractivity contribution in [2.75, 3.05) is 5.32 Å². The van der Waals surface area contributed by atoms with E-state index in [-0.39, 0.29) is 11.4 Å². The number of halogens is 1. The van der Waals surface area contributed by atoms with Gasteiger partial charge in [0.15, 0.2) is 0 Å². The topological polar surface area (TPSA) is 21.3 Å². The molecule has 98 valence electrons. The van der Waals surface area contributed by atoms with Crippen LogP contribution in [0.4, 0.5) is 15.8 Å². The van der Waals surface area contributed by atoms with Gasteiger partial charge in [-0.05, 0) is 44.2 Å². The third-order valence-electron chi connectivity index (χ3n) is 3.21. The molecule has 1 aliphatic rings. The lowest BCUT2D eigenvalue weighted by Gasteiger charge is -2.18. The van der Waals surface area contributed by atoms with Crippen LogP contribution in [0.5, 0.6) is 5.75 Å². The van der Waals surface area contributed by atoms with Gasteiger partial charge in [0.1, 0.15) is 17.2 Å². The quantitative estimate of drug-likeness (QED) is 0.866. The molecule has 0 saturated heterocycles. The molecular formula is C16H16FNO. The number of rotatable bonds is 2. The summed E-state index contributed by atoms with van der Waals surface area (Å²) >= 11 is 0. The highest BCUT2D eigenvalue weighted by molar-refractivity contribution is 5.69. The van der Waals surface area contributed by atoms with Gasteiger partial charge in [-0.25, -0.2) is 4.39 Å². The average molecular weight is 257 g/mol. The van der Waals surface area contributed by atoms with Gasteiger partial charge in [-0.1, -0.05) is 12.1 Å². The molecular weight excluding hydrogens is 241 g/mol. The van der Waals surface area contributed by atoms with Gasteiger partial charge in [0.05, 0.1) is 5.69 Å². The summed E-state index contributed by atoms with van der Waals surface area (Å²) in [5, 5.41) is 3.28. The summed E-state index contributed by atoms with van der Waals surface area (Å²) in [5.74, 6) is 0.665. The van der Waals surface area contributed by atoms with Crippen LogP contribution in [-0.4, -0.2) is 5.60 Å². The summed E-state index contributed by atoms with van der Waals surface area (Å²) in [4.78, 5) is 0. The van der Waals surface area contributed by atoms with Crippen molar-refractivity contribution < 1.29 is 9.13 Å². The van der Waals surface area contributed by atoms with E-state index in [1.165, 1.54) is 17.7 Å². The molecule has 0 bridgehead atoms. The van der Waals surface area contributed by atoms with E-state index in [1.54, 1.807) is 12.1 Å². The van der Waals surface area contributed by atoms with Gasteiger partial charge in [0.2, 0.25) is 0 Å². The summed E-state index contributed by atoms with van der Waals surface area (Å²) in [5.41, 5.74) is 2.82. The normalized spacial score (nSPS) is 15.7. The van der Waals surface area contributed by atoms with Gasteiger partial charge in [0.25, 0.3) is 0 Å². The Labute approximate surface area is 112 Å². The smallest absolute Gasteiger partial charge is 0.146 e. The third-order valence-corrected chi connectivity index (χ3v) is 3.21. The molecule has 2 nitrogen and oxygen atoms in total. The minimum absolute atomic E-state index is 0.164. The van der Waals surface area contributed by atoms with Crippen LogP contribution in [0.15, 0.2) is 42.5 Å². The fourth-order valence-electron chi connectivity index (χ4n) is 2.40. The van der Waals surface area contributed by atoms with Gasteiger partial charge in [-0.15, -0.1) is 0 Å². The van der Waals surface area contributed by atoms with Crippen LogP contribution >= 0.6 is 0 Å². The molecule has 1 N–H and O–H groups in total. The molecule has 19 heavy (non-hydrogen) atoms. The Hall–Kier alpha value is -2.03. The van der Waals surface area contributed by atoms with Gasteiger partial charge in [0, 0.05) is 17.7 Å². The Morgan fingerprint density at radius 2 is 1.84 bits per heavy atom. The zero-order valence-electron chi connectivity index (χ0n) is 11.0. The predicted octanol–water partition coefficient (Wildman–Crippen LogP) is 4.28. The lowest BCUT2D eigenvalue weighted by Crippen LogP contribution is -2.24. The van der Waals surface area contributed by atoms with Crippen molar-refractivity contribution in [2.24, 2.45) is 0 Å². The molecule has 0 fully saturated rings. The maximum Gasteiger partial charge on any atom is 0.146 e. The van der Waals surface area contributed by atoms with E-state index < -0.39 is 0 Å². The number of fused-ring (bicyclic) bond motifs is 1. The van der Waals surface area contributed by atoms with E-state index in [2.05, 4.69) is 25.2 Å². The lowest BCUT2D eigenvalue weighted by molar-refractivity contribution is 0.139. The van der Waals surface area contributed by atoms with Crippen molar-refractivity contribution in [2.45, 2.75) is 25.9 Å². The van der Waals surface area contributed by atoms with Crippen molar-refractivity contribution in [1.29, 1.82) is 0 Å². The molecule has 0 unspecified atom stereocenters. The number of anilines is 2. The summed E-state index contributed by atoms with van der Waals surface area (Å²) in [6.45, 7) is 4.16. The second-order valence-corrected chi connectivity index (χ2v) is 5.46. The molecule has 0 saturated carbocycles. The third kappa shape index (κ3) is 2.41. The number of nitrogens with one attached hydrogen (secondary N) is 1. The minimum atomic E-state index is -0.235. The fourth-order valence-corrected chi connectivity index (χ4v) is 2.40. The number of hydrogen-bond donors (Lipinski definition) is 1. The first-order valence-corrected chi connectivity index (χ1v) is 6.37. The van der Waals surface area contributed by atoms with Crippen LogP contribution in [-0.2, 0) is 6.42 Å². The van der Waals surface area contributed by atoms with Gasteiger partial charge in [-0.2, -0.15) is 0 Å². The molecule has 1 heterocycles. The van der Waals surface area contributed by atoms with Crippen LogP contribution in [0.1, 0.15) is 19.4 Å². The summed E-state index contributed by atoms with van der Waals surface area (Å²) in [6, 6.07) is 12.4. The van der Waals surface area contributed by atoms with Crippen LogP contribution in [0.25, 0.3) is 0 Å². The monoisotopic (exact) mass is 257 g/mol. The van der Waals surface area contributed by atoms with Crippen LogP contribution in [0.2, 0.25) is 0 Å². The average Bonchev–Trinajstić information content (AvgIpc) is 2.67. The molecule has 3 heteroatoms. The molecule has 0 spiro atoms. The summed E-state index contributed by atoms with van der Waals surface area (Å²) < 4.78 is 18.9. The number of benzene rings is 2. The molecule has 1 aliphatic heterocycles. The highest BCUT2D eigenvalue weighted by Gasteiger charge is 2.31. The van der Waals surface area contributed by atoms with Crippen LogP contribution < -0.4 is 10.1 Å². The van der Waals surface area contributed by atoms with Crippen molar-refractivity contribution in [3.63, 3.8) is 0 Å². The lowest BCUT2D eigenvalue weighted by atomic mass is 10.0. The number of hydrogen-bond acceptors (Lipinski definition) is 2. The van der Waals surface area contributed by atoms with Gasteiger partial charge < -0.3 is 10.1 Å². The molecule has 0 aliphatic carbocycles. The zero-order chi connectivity index (χ0) is 13.5. The van der Waals surface area contributed by atoms with E-state index in [1.807, 2.05) is 12.1 Å². The molecule has 0 radical (unpaired) electrons. The second kappa shape index (κ2) is 4.26. The SMILES string of the molecule is CC1(C)Cc2cccc(Nc3ccc(F)cc3)c2O1. The van der Waals surface area contributed by atoms with E-state index in [9.17, 15) is 4.39 Å². The number of ether oxygens (including phenoxy) is 1. The molecule has 0 atom stereocenters. The Bertz CT molecular complexity index is 605. The molecule has 2 aromatic carbocycles. The van der Waals surface area contributed by atoms with Gasteiger partial charge >= 0.3 is 0 Å². The van der Waals surface area contributed by atoms with Crippen LogP contribution in [0.3, 0.4) is 0 Å². The largest absolute Gasteiger partial charge is 0.485 e. The van der Waals surface area contributed by atoms with Crippen molar-refractivity contribution in [3.8, 4) is 5.75 Å². The first-order chi connectivity index (χ1) is 9.03. The van der Waals surface area contributed by atoms with Crippen molar-refractivity contribution in [3.05, 3.63) is 53.8 Å². The molecule has 3 rings (SSSR count). The maximum absolute atomic E-state index is 12.9. The maximum atomic E-state index is 12.9. The van der Waals surface area contributed by atoms with E-state index in [4.69, 9.17) is 4.74 Å². The molecule has 0 aromatic heterocycles. The summed E-state index contributed by atoms with van der Waals surface area (Å²) in [7, 11) is 0. The standard InChI is InChI=1S/C16H16FNO/c1-16(2)10-11-4-3-5-14(15(11)19-16)18-13-8-6-12(17)7-9-13/h3-9,18H,10H2,1-2H3. The Morgan fingerprint density at radius 1 is 1.11 bits per heavy atom. The highest BCUT2D eigenvalue weighted by atomic mass is 19.1. The molecule has 0 amide bonds. The highest BCUT2D eigenvalue weighted by Crippen LogP contribution is 2.41. The first-order valence-electron chi connectivity index (χ1n) is 6.37. The second-order valence-electron chi connectivity index (χ2n) is 5.46. The van der Waals surface area contributed by atoms with E-state index in [0.717, 1.165) is 23.5 Å². The van der Waals surface area contributed by atoms with Crippen LogP contribution in [0, 0.1) is 5.82 Å².